The van der Waals surface area contributed by atoms with Gasteiger partial charge in [-0.1, -0.05) is 0 Å². The second-order valence-corrected chi connectivity index (χ2v) is 4.49. The van der Waals surface area contributed by atoms with E-state index in [1.807, 2.05) is 19.0 Å². The lowest BCUT2D eigenvalue weighted by Gasteiger charge is -2.21. The van der Waals surface area contributed by atoms with E-state index in [9.17, 15) is 5.11 Å². The van der Waals surface area contributed by atoms with Crippen molar-refractivity contribution in [3.05, 3.63) is 0 Å². The van der Waals surface area contributed by atoms with E-state index < -0.39 is 0 Å². The van der Waals surface area contributed by atoms with E-state index in [2.05, 4.69) is 31.2 Å². The molecule has 0 spiro atoms. The van der Waals surface area contributed by atoms with Crippen LogP contribution in [0, 0.1) is 0 Å². The van der Waals surface area contributed by atoms with Crippen LogP contribution in [0.3, 0.4) is 0 Å². The first-order chi connectivity index (χ1) is 6.41. The van der Waals surface area contributed by atoms with E-state index in [0.717, 1.165) is 6.54 Å². The van der Waals surface area contributed by atoms with Crippen LogP contribution in [0.5, 0.6) is 0 Å². The maximum Gasteiger partial charge on any atom is 0.0791 e. The van der Waals surface area contributed by atoms with Gasteiger partial charge in [-0.2, -0.15) is 0 Å². The van der Waals surface area contributed by atoms with Crippen molar-refractivity contribution < 1.29 is 5.11 Å². The van der Waals surface area contributed by atoms with Crippen LogP contribution in [0.25, 0.3) is 0 Å². The normalized spacial score (nSPS) is 16.3. The van der Waals surface area contributed by atoms with Gasteiger partial charge < -0.3 is 20.2 Å². The van der Waals surface area contributed by atoms with Gasteiger partial charge in [-0.25, -0.2) is 0 Å². The van der Waals surface area contributed by atoms with Gasteiger partial charge in [-0.15, -0.1) is 0 Å². The molecule has 0 aromatic rings. The smallest absolute Gasteiger partial charge is 0.0791 e. The third-order valence-electron chi connectivity index (χ3n) is 1.92. The predicted octanol–water partition coefficient (Wildman–Crippen LogP) is -0.551. The number of likely N-dealkylation sites (N-methyl/N-ethyl adjacent to an activating group) is 2. The molecule has 0 heterocycles. The molecule has 0 aliphatic rings. The fourth-order valence-electron chi connectivity index (χ4n) is 1.44. The zero-order valence-electron chi connectivity index (χ0n) is 10.1. The molecule has 2 unspecified atom stereocenters. The van der Waals surface area contributed by atoms with Gasteiger partial charge in [0.15, 0.2) is 0 Å². The van der Waals surface area contributed by atoms with E-state index in [0.29, 0.717) is 19.1 Å². The van der Waals surface area contributed by atoms with Crippen molar-refractivity contribution in [1.82, 2.24) is 15.1 Å². The lowest BCUT2D eigenvalue weighted by Crippen LogP contribution is -2.42. The SMILES string of the molecule is CC(CN(C)C)NCC(O)CN(C)C. The maximum atomic E-state index is 9.58. The van der Waals surface area contributed by atoms with Gasteiger partial charge in [0, 0.05) is 25.7 Å². The van der Waals surface area contributed by atoms with Gasteiger partial charge in [0.2, 0.25) is 0 Å². The van der Waals surface area contributed by atoms with Crippen LogP contribution >= 0.6 is 0 Å². The van der Waals surface area contributed by atoms with Crippen molar-refractivity contribution >= 4 is 0 Å². The standard InChI is InChI=1S/C10H25N3O/c1-9(7-12(2)3)11-6-10(14)8-13(4)5/h9-11,14H,6-8H2,1-5H3. The first-order valence-electron chi connectivity index (χ1n) is 5.12. The number of nitrogens with one attached hydrogen (secondary N) is 1. The van der Waals surface area contributed by atoms with Gasteiger partial charge in [0.05, 0.1) is 6.10 Å². The lowest BCUT2D eigenvalue weighted by atomic mass is 10.2. The van der Waals surface area contributed by atoms with Crippen molar-refractivity contribution in [2.45, 2.75) is 19.1 Å². The summed E-state index contributed by atoms with van der Waals surface area (Å²) < 4.78 is 0. The van der Waals surface area contributed by atoms with Crippen LogP contribution in [0.4, 0.5) is 0 Å². The van der Waals surface area contributed by atoms with Gasteiger partial charge in [0.1, 0.15) is 0 Å². The molecule has 0 aliphatic heterocycles. The summed E-state index contributed by atoms with van der Waals surface area (Å²) in [6, 6.07) is 0.418. The molecule has 0 aliphatic carbocycles. The number of hydrogen-bond donors (Lipinski definition) is 2. The minimum absolute atomic E-state index is 0.283. The molecule has 2 atom stereocenters. The second kappa shape index (κ2) is 7.17. The molecule has 0 radical (unpaired) electrons. The summed E-state index contributed by atoms with van der Waals surface area (Å²) >= 11 is 0. The van der Waals surface area contributed by atoms with Crippen LogP contribution < -0.4 is 5.32 Å². The number of aliphatic hydroxyl groups excluding tert-OH is 1. The fourth-order valence-corrected chi connectivity index (χ4v) is 1.44. The number of hydrogen-bond acceptors (Lipinski definition) is 4. The summed E-state index contributed by atoms with van der Waals surface area (Å²) in [7, 11) is 8.03. The molecule has 86 valence electrons. The Balaban J connectivity index is 3.50. The molecule has 4 heteroatoms. The molecular weight excluding hydrogens is 178 g/mol. The molecule has 0 fully saturated rings. The number of rotatable bonds is 7. The summed E-state index contributed by atoms with van der Waals surface area (Å²) in [5.41, 5.74) is 0. The van der Waals surface area contributed by atoms with E-state index in [1.54, 1.807) is 0 Å². The van der Waals surface area contributed by atoms with Crippen molar-refractivity contribution in [3.8, 4) is 0 Å². The van der Waals surface area contributed by atoms with Crippen LogP contribution in [-0.2, 0) is 0 Å². The minimum atomic E-state index is -0.283. The molecule has 0 aromatic heterocycles. The van der Waals surface area contributed by atoms with Gasteiger partial charge in [-0.05, 0) is 35.1 Å². The summed E-state index contributed by atoms with van der Waals surface area (Å²) in [5, 5.41) is 12.9. The quantitative estimate of drug-likeness (QED) is 0.582. The topological polar surface area (TPSA) is 38.7 Å². The van der Waals surface area contributed by atoms with Crippen molar-refractivity contribution in [1.29, 1.82) is 0 Å². The Morgan fingerprint density at radius 2 is 1.57 bits per heavy atom. The Morgan fingerprint density at radius 1 is 1.07 bits per heavy atom. The van der Waals surface area contributed by atoms with E-state index in [4.69, 9.17) is 0 Å². The van der Waals surface area contributed by atoms with E-state index >= 15 is 0 Å². The fraction of sp³-hybridized carbons (Fsp3) is 1.00. The zero-order chi connectivity index (χ0) is 11.1. The highest BCUT2D eigenvalue weighted by Gasteiger charge is 2.08. The van der Waals surface area contributed by atoms with Gasteiger partial charge in [-0.3, -0.25) is 0 Å². The maximum absolute atomic E-state index is 9.58. The Morgan fingerprint density at radius 3 is 2.00 bits per heavy atom. The van der Waals surface area contributed by atoms with Crippen LogP contribution in [0.2, 0.25) is 0 Å². The largest absolute Gasteiger partial charge is 0.390 e. The summed E-state index contributed by atoms with van der Waals surface area (Å²) in [6.07, 6.45) is -0.283. The Bertz CT molecular complexity index is 123. The summed E-state index contributed by atoms with van der Waals surface area (Å²) in [6.45, 7) is 4.49. The van der Waals surface area contributed by atoms with E-state index in [-0.39, 0.29) is 6.10 Å². The summed E-state index contributed by atoms with van der Waals surface area (Å²) in [5.74, 6) is 0. The predicted molar refractivity (Wildman–Crippen MR) is 60.6 cm³/mol. The average molecular weight is 203 g/mol. The highest BCUT2D eigenvalue weighted by Crippen LogP contribution is 1.88. The zero-order valence-corrected chi connectivity index (χ0v) is 10.1. The molecule has 14 heavy (non-hydrogen) atoms. The molecule has 4 nitrogen and oxygen atoms in total. The van der Waals surface area contributed by atoms with Crippen LogP contribution in [-0.4, -0.2) is 74.9 Å². The highest BCUT2D eigenvalue weighted by atomic mass is 16.3. The Hall–Kier alpha value is -0.160. The lowest BCUT2D eigenvalue weighted by molar-refractivity contribution is 0.130. The average Bonchev–Trinajstić information content (AvgIpc) is 1.98. The van der Waals surface area contributed by atoms with Gasteiger partial charge >= 0.3 is 0 Å². The Kier molecular flexibility index (Phi) is 7.09. The van der Waals surface area contributed by atoms with Gasteiger partial charge in [0.25, 0.3) is 0 Å². The third-order valence-corrected chi connectivity index (χ3v) is 1.92. The van der Waals surface area contributed by atoms with E-state index in [1.165, 1.54) is 0 Å². The molecule has 2 N–H and O–H groups in total. The first-order valence-corrected chi connectivity index (χ1v) is 5.12. The molecular formula is C10H25N3O. The molecule has 0 bridgehead atoms. The monoisotopic (exact) mass is 203 g/mol. The molecule has 0 saturated heterocycles. The second-order valence-electron chi connectivity index (χ2n) is 4.49. The molecule has 0 amide bonds. The first kappa shape index (κ1) is 13.8. The molecule has 0 aromatic carbocycles. The summed E-state index contributed by atoms with van der Waals surface area (Å²) in [4.78, 5) is 4.12. The number of aliphatic hydroxyl groups is 1. The van der Waals surface area contributed by atoms with Crippen molar-refractivity contribution in [3.63, 3.8) is 0 Å². The van der Waals surface area contributed by atoms with Crippen molar-refractivity contribution in [2.24, 2.45) is 0 Å². The molecule has 0 rings (SSSR count). The third kappa shape index (κ3) is 8.44. The van der Waals surface area contributed by atoms with Crippen LogP contribution in [0.1, 0.15) is 6.92 Å². The van der Waals surface area contributed by atoms with Crippen LogP contribution in [0.15, 0.2) is 0 Å². The number of nitrogens with zero attached hydrogens (tertiary/aromatic N) is 2. The Labute approximate surface area is 87.9 Å². The minimum Gasteiger partial charge on any atom is -0.390 e. The highest BCUT2D eigenvalue weighted by molar-refractivity contribution is 4.68. The molecule has 0 saturated carbocycles. The van der Waals surface area contributed by atoms with Crippen molar-refractivity contribution in [2.75, 3.05) is 47.8 Å².